The van der Waals surface area contributed by atoms with Crippen molar-refractivity contribution in [2.24, 2.45) is 7.05 Å². The molecule has 0 fully saturated rings. The third kappa shape index (κ3) is 3.51. The number of hydrogen-bond donors (Lipinski definition) is 1. The van der Waals surface area contributed by atoms with Crippen molar-refractivity contribution in [3.8, 4) is 22.9 Å². The zero-order chi connectivity index (χ0) is 17.3. The van der Waals surface area contributed by atoms with Gasteiger partial charge in [-0.1, -0.05) is 0 Å². The highest BCUT2D eigenvalue weighted by molar-refractivity contribution is 5.85. The van der Waals surface area contributed by atoms with E-state index in [0.29, 0.717) is 23.1 Å². The van der Waals surface area contributed by atoms with Crippen molar-refractivity contribution in [3.05, 3.63) is 48.3 Å². The Labute approximate surface area is 150 Å². The Bertz CT molecular complexity index is 868. The highest BCUT2D eigenvalue weighted by Gasteiger charge is 2.18. The summed E-state index contributed by atoms with van der Waals surface area (Å²) in [6, 6.07) is 10.9. The van der Waals surface area contributed by atoms with Gasteiger partial charge in [0.25, 0.3) is 0 Å². The number of nitrogens with zero attached hydrogens (tertiary/aromatic N) is 4. The van der Waals surface area contributed by atoms with Gasteiger partial charge in [-0.05, 0) is 36.4 Å². The highest BCUT2D eigenvalue weighted by Crippen LogP contribution is 2.33. The molecule has 1 aromatic heterocycles. The molecule has 0 radical (unpaired) electrons. The maximum absolute atomic E-state index is 13.1. The summed E-state index contributed by atoms with van der Waals surface area (Å²) in [4.78, 5) is 1.81. The number of rotatable bonds is 4. The van der Waals surface area contributed by atoms with Crippen LogP contribution in [0.25, 0.3) is 11.4 Å². The monoisotopic (exact) mass is 364 g/mol. The standard InChI is InChI=1S/C17H17FN4O2.ClH/c1-21(12-6-4-11(18)5-7-12)17-20-19-16(22(17)2)14-9-8-13(23)10-15(14)24-3;/h4-10,23H,1-3H3;1H. The van der Waals surface area contributed by atoms with Crippen LogP contribution in [-0.2, 0) is 7.05 Å². The van der Waals surface area contributed by atoms with Crippen LogP contribution in [0.15, 0.2) is 42.5 Å². The fourth-order valence-corrected chi connectivity index (χ4v) is 2.49. The molecular formula is C17H18ClFN4O2. The normalized spacial score (nSPS) is 10.2. The fourth-order valence-electron chi connectivity index (χ4n) is 2.49. The first kappa shape index (κ1) is 18.5. The minimum atomic E-state index is -0.292. The number of ether oxygens (including phenoxy) is 1. The molecule has 2 aromatic carbocycles. The largest absolute Gasteiger partial charge is 0.508 e. The predicted octanol–water partition coefficient (Wildman–Crippen LogP) is 3.53. The Balaban J connectivity index is 0.00000225. The van der Waals surface area contributed by atoms with Gasteiger partial charge in [0.2, 0.25) is 5.95 Å². The fraction of sp³-hybridized carbons (Fsp3) is 0.176. The van der Waals surface area contributed by atoms with Crippen LogP contribution in [0.1, 0.15) is 0 Å². The highest BCUT2D eigenvalue weighted by atomic mass is 35.5. The van der Waals surface area contributed by atoms with E-state index in [4.69, 9.17) is 4.74 Å². The molecule has 8 heteroatoms. The summed E-state index contributed by atoms with van der Waals surface area (Å²) in [5.41, 5.74) is 1.50. The van der Waals surface area contributed by atoms with Gasteiger partial charge in [-0.3, -0.25) is 4.57 Å². The van der Waals surface area contributed by atoms with Gasteiger partial charge >= 0.3 is 0 Å². The third-order valence-electron chi connectivity index (χ3n) is 3.79. The van der Waals surface area contributed by atoms with Crippen LogP contribution in [0.4, 0.5) is 16.0 Å². The molecule has 0 saturated carbocycles. The average molecular weight is 365 g/mol. The lowest BCUT2D eigenvalue weighted by molar-refractivity contribution is 0.409. The maximum Gasteiger partial charge on any atom is 0.231 e. The lowest BCUT2D eigenvalue weighted by atomic mass is 10.2. The molecule has 1 heterocycles. The van der Waals surface area contributed by atoms with Gasteiger partial charge in [-0.15, -0.1) is 22.6 Å². The molecule has 0 aliphatic carbocycles. The van der Waals surface area contributed by atoms with E-state index < -0.39 is 0 Å². The number of hydrogen-bond acceptors (Lipinski definition) is 5. The molecule has 3 rings (SSSR count). The van der Waals surface area contributed by atoms with Crippen molar-refractivity contribution in [1.29, 1.82) is 0 Å². The smallest absolute Gasteiger partial charge is 0.231 e. The van der Waals surface area contributed by atoms with E-state index in [2.05, 4.69) is 10.2 Å². The molecule has 0 saturated heterocycles. The minimum Gasteiger partial charge on any atom is -0.508 e. The van der Waals surface area contributed by atoms with E-state index in [1.54, 1.807) is 28.8 Å². The van der Waals surface area contributed by atoms with Crippen molar-refractivity contribution < 1.29 is 14.2 Å². The molecule has 25 heavy (non-hydrogen) atoms. The number of aromatic hydroxyl groups is 1. The number of anilines is 2. The number of benzene rings is 2. The average Bonchev–Trinajstić information content (AvgIpc) is 2.96. The molecule has 0 aliphatic rings. The molecule has 6 nitrogen and oxygen atoms in total. The number of phenolic OH excluding ortho intramolecular Hbond substituents is 1. The first-order chi connectivity index (χ1) is 11.5. The second-order valence-electron chi connectivity index (χ2n) is 5.30. The molecule has 0 atom stereocenters. The first-order valence-electron chi connectivity index (χ1n) is 7.27. The van der Waals surface area contributed by atoms with E-state index in [-0.39, 0.29) is 24.0 Å². The van der Waals surface area contributed by atoms with Crippen LogP contribution in [-0.4, -0.2) is 34.0 Å². The van der Waals surface area contributed by atoms with Crippen LogP contribution in [0.5, 0.6) is 11.5 Å². The van der Waals surface area contributed by atoms with Crippen molar-refractivity contribution in [3.63, 3.8) is 0 Å². The molecular weight excluding hydrogens is 347 g/mol. The molecule has 1 N–H and O–H groups in total. The quantitative estimate of drug-likeness (QED) is 0.767. The maximum atomic E-state index is 13.1. The summed E-state index contributed by atoms with van der Waals surface area (Å²) < 4.78 is 20.2. The summed E-state index contributed by atoms with van der Waals surface area (Å²) >= 11 is 0. The van der Waals surface area contributed by atoms with E-state index in [9.17, 15) is 9.50 Å². The number of halogens is 2. The minimum absolute atomic E-state index is 0. The molecule has 0 aliphatic heterocycles. The lowest BCUT2D eigenvalue weighted by Crippen LogP contribution is -2.14. The molecule has 3 aromatic rings. The van der Waals surface area contributed by atoms with Gasteiger partial charge in [-0.25, -0.2) is 4.39 Å². The van der Waals surface area contributed by atoms with Crippen molar-refractivity contribution in [2.75, 3.05) is 19.1 Å². The van der Waals surface area contributed by atoms with Crippen LogP contribution in [0.2, 0.25) is 0 Å². The summed E-state index contributed by atoms with van der Waals surface area (Å²) in [5.74, 6) is 1.50. The SMILES string of the molecule is COc1cc(O)ccc1-c1nnc(N(C)c2ccc(F)cc2)n1C.Cl. The van der Waals surface area contributed by atoms with Crippen molar-refractivity contribution in [1.82, 2.24) is 14.8 Å². The first-order valence-corrected chi connectivity index (χ1v) is 7.27. The number of methoxy groups -OCH3 is 1. The summed E-state index contributed by atoms with van der Waals surface area (Å²) in [5, 5.41) is 18.0. The number of aromatic nitrogens is 3. The van der Waals surface area contributed by atoms with Crippen LogP contribution < -0.4 is 9.64 Å². The lowest BCUT2D eigenvalue weighted by Gasteiger charge is -2.18. The third-order valence-corrected chi connectivity index (χ3v) is 3.79. The summed E-state index contributed by atoms with van der Waals surface area (Å²) in [6.45, 7) is 0. The molecule has 0 bridgehead atoms. The van der Waals surface area contributed by atoms with E-state index in [1.165, 1.54) is 25.3 Å². The zero-order valence-corrected chi connectivity index (χ0v) is 14.8. The summed E-state index contributed by atoms with van der Waals surface area (Å²) in [7, 11) is 5.19. The second kappa shape index (κ2) is 7.40. The Morgan fingerprint density at radius 1 is 1.12 bits per heavy atom. The van der Waals surface area contributed by atoms with Crippen LogP contribution in [0, 0.1) is 5.82 Å². The van der Waals surface area contributed by atoms with E-state index in [1.807, 2.05) is 19.0 Å². The molecule has 132 valence electrons. The van der Waals surface area contributed by atoms with Gasteiger partial charge in [-0.2, -0.15) is 0 Å². The van der Waals surface area contributed by atoms with Crippen LogP contribution in [0.3, 0.4) is 0 Å². The van der Waals surface area contributed by atoms with Gasteiger partial charge in [0.05, 0.1) is 12.7 Å². The number of phenols is 1. The Morgan fingerprint density at radius 2 is 1.80 bits per heavy atom. The van der Waals surface area contributed by atoms with Crippen LogP contribution >= 0.6 is 12.4 Å². The topological polar surface area (TPSA) is 63.4 Å². The predicted molar refractivity (Wildman–Crippen MR) is 96.4 cm³/mol. The van der Waals surface area contributed by atoms with Gasteiger partial charge in [0.1, 0.15) is 17.3 Å². The van der Waals surface area contributed by atoms with Crippen molar-refractivity contribution in [2.45, 2.75) is 0 Å². The Kier molecular flexibility index (Phi) is 5.48. The van der Waals surface area contributed by atoms with Gasteiger partial charge < -0.3 is 14.7 Å². The Hall–Kier alpha value is -2.80. The van der Waals surface area contributed by atoms with Gasteiger partial charge in [0, 0.05) is 25.8 Å². The molecule has 0 amide bonds. The molecule has 0 spiro atoms. The van der Waals surface area contributed by atoms with Gasteiger partial charge in [0.15, 0.2) is 5.82 Å². The van der Waals surface area contributed by atoms with E-state index >= 15 is 0 Å². The zero-order valence-electron chi connectivity index (χ0n) is 14.0. The van der Waals surface area contributed by atoms with Crippen molar-refractivity contribution >= 4 is 24.0 Å². The molecule has 0 unspecified atom stereocenters. The summed E-state index contributed by atoms with van der Waals surface area (Å²) in [6.07, 6.45) is 0. The second-order valence-corrected chi connectivity index (χ2v) is 5.30. The van der Waals surface area contributed by atoms with E-state index in [0.717, 1.165) is 5.69 Å². The Morgan fingerprint density at radius 3 is 2.44 bits per heavy atom.